The minimum absolute atomic E-state index is 0.346. The molecule has 3 heteroatoms. The molecule has 0 saturated carbocycles. The van der Waals surface area contributed by atoms with Crippen molar-refractivity contribution < 1.29 is 4.42 Å². The molecule has 1 aromatic heterocycles. The van der Waals surface area contributed by atoms with E-state index in [-0.39, 0.29) is 0 Å². The van der Waals surface area contributed by atoms with E-state index in [1.165, 1.54) is 5.56 Å². The molecule has 0 aliphatic carbocycles. The van der Waals surface area contributed by atoms with Gasteiger partial charge in [0.2, 0.25) is 5.89 Å². The Morgan fingerprint density at radius 2 is 2.06 bits per heavy atom. The average molecular weight is 216 g/mol. The molecule has 1 heterocycles. The molecule has 0 amide bonds. The van der Waals surface area contributed by atoms with Crippen LogP contribution in [0.3, 0.4) is 0 Å². The lowest BCUT2D eigenvalue weighted by molar-refractivity contribution is 0.461. The van der Waals surface area contributed by atoms with Crippen molar-refractivity contribution in [2.45, 2.75) is 26.8 Å². The van der Waals surface area contributed by atoms with Crippen LogP contribution in [0.4, 0.5) is 0 Å². The lowest BCUT2D eigenvalue weighted by atomic mass is 10.0. The molecule has 0 aliphatic rings. The van der Waals surface area contributed by atoms with Gasteiger partial charge >= 0.3 is 0 Å². The summed E-state index contributed by atoms with van der Waals surface area (Å²) in [5.74, 6) is 1.52. The van der Waals surface area contributed by atoms with Gasteiger partial charge in [0.15, 0.2) is 0 Å². The van der Waals surface area contributed by atoms with Crippen LogP contribution in [-0.2, 0) is 13.0 Å². The van der Waals surface area contributed by atoms with Crippen molar-refractivity contribution in [3.8, 4) is 11.3 Å². The third kappa shape index (κ3) is 1.86. The highest BCUT2D eigenvalue weighted by Crippen LogP contribution is 2.27. The largest absolute Gasteiger partial charge is 0.444 e. The number of nitrogens with two attached hydrogens (primary N) is 1. The molecule has 2 N–H and O–H groups in total. The highest BCUT2D eigenvalue weighted by atomic mass is 16.4. The van der Waals surface area contributed by atoms with Gasteiger partial charge in [-0.05, 0) is 12.5 Å². The molecule has 16 heavy (non-hydrogen) atoms. The zero-order valence-corrected chi connectivity index (χ0v) is 9.66. The van der Waals surface area contributed by atoms with Crippen molar-refractivity contribution in [1.29, 1.82) is 0 Å². The van der Waals surface area contributed by atoms with Crippen molar-refractivity contribution in [2.24, 2.45) is 5.73 Å². The number of aryl methyl sites for hydroxylation is 2. The summed E-state index contributed by atoms with van der Waals surface area (Å²) in [7, 11) is 0. The monoisotopic (exact) mass is 216 g/mol. The second-order valence-corrected chi connectivity index (χ2v) is 3.75. The van der Waals surface area contributed by atoms with Crippen molar-refractivity contribution in [2.75, 3.05) is 0 Å². The summed E-state index contributed by atoms with van der Waals surface area (Å²) in [5.41, 5.74) is 8.81. The van der Waals surface area contributed by atoms with E-state index in [0.717, 1.165) is 23.4 Å². The molecule has 84 valence electrons. The lowest BCUT2D eigenvalue weighted by Crippen LogP contribution is -1.95. The second-order valence-electron chi connectivity index (χ2n) is 3.75. The van der Waals surface area contributed by atoms with Crippen LogP contribution in [0.25, 0.3) is 11.3 Å². The summed E-state index contributed by atoms with van der Waals surface area (Å²) >= 11 is 0. The SMILES string of the molecule is CCc1oc(CN)nc1-c1ccccc1C. The van der Waals surface area contributed by atoms with Crippen LogP contribution in [0.5, 0.6) is 0 Å². The Morgan fingerprint density at radius 1 is 1.31 bits per heavy atom. The number of hydrogen-bond donors (Lipinski definition) is 1. The summed E-state index contributed by atoms with van der Waals surface area (Å²) < 4.78 is 5.59. The number of hydrogen-bond acceptors (Lipinski definition) is 3. The molecule has 0 fully saturated rings. The van der Waals surface area contributed by atoms with Crippen molar-refractivity contribution >= 4 is 0 Å². The first-order chi connectivity index (χ1) is 7.76. The summed E-state index contributed by atoms with van der Waals surface area (Å²) in [6, 6.07) is 8.17. The molecule has 0 radical (unpaired) electrons. The Morgan fingerprint density at radius 3 is 2.69 bits per heavy atom. The van der Waals surface area contributed by atoms with Gasteiger partial charge in [-0.15, -0.1) is 0 Å². The minimum atomic E-state index is 0.346. The van der Waals surface area contributed by atoms with Crippen LogP contribution in [-0.4, -0.2) is 4.98 Å². The number of oxazole rings is 1. The molecule has 2 rings (SSSR count). The van der Waals surface area contributed by atoms with Gasteiger partial charge in [0.25, 0.3) is 0 Å². The summed E-state index contributed by atoms with van der Waals surface area (Å²) in [6.07, 6.45) is 0.830. The lowest BCUT2D eigenvalue weighted by Gasteiger charge is -2.02. The predicted octanol–water partition coefficient (Wildman–Crippen LogP) is 2.67. The van der Waals surface area contributed by atoms with Crippen LogP contribution in [0.2, 0.25) is 0 Å². The van der Waals surface area contributed by atoms with Gasteiger partial charge in [0.05, 0.1) is 6.54 Å². The van der Waals surface area contributed by atoms with Crippen molar-refractivity contribution in [1.82, 2.24) is 4.98 Å². The summed E-state index contributed by atoms with van der Waals surface area (Å²) in [4.78, 5) is 4.44. The van der Waals surface area contributed by atoms with Gasteiger partial charge < -0.3 is 10.2 Å². The average Bonchev–Trinajstić information content (AvgIpc) is 2.72. The molecule has 0 unspecified atom stereocenters. The fraction of sp³-hybridized carbons (Fsp3) is 0.308. The zero-order valence-electron chi connectivity index (χ0n) is 9.66. The molecule has 0 atom stereocenters. The first kappa shape index (κ1) is 10.9. The van der Waals surface area contributed by atoms with E-state index in [1.54, 1.807) is 0 Å². The smallest absolute Gasteiger partial charge is 0.208 e. The Kier molecular flexibility index (Phi) is 3.06. The van der Waals surface area contributed by atoms with Crippen LogP contribution < -0.4 is 5.73 Å². The highest BCUT2D eigenvalue weighted by molar-refractivity contribution is 5.65. The minimum Gasteiger partial charge on any atom is -0.444 e. The first-order valence-corrected chi connectivity index (χ1v) is 5.51. The first-order valence-electron chi connectivity index (χ1n) is 5.51. The standard InChI is InChI=1S/C13H16N2O/c1-3-11-13(15-12(8-14)16-11)10-7-5-4-6-9(10)2/h4-7H,3,8,14H2,1-2H3. The van der Waals surface area contributed by atoms with E-state index >= 15 is 0 Å². The topological polar surface area (TPSA) is 52.0 Å². The van der Waals surface area contributed by atoms with E-state index in [4.69, 9.17) is 10.2 Å². The summed E-state index contributed by atoms with van der Waals surface area (Å²) in [6.45, 7) is 4.48. The molecule has 3 nitrogen and oxygen atoms in total. The molecule has 0 aliphatic heterocycles. The van der Waals surface area contributed by atoms with E-state index in [0.29, 0.717) is 12.4 Å². The third-order valence-corrected chi connectivity index (χ3v) is 2.64. The molecular weight excluding hydrogens is 200 g/mol. The van der Waals surface area contributed by atoms with Gasteiger partial charge in [-0.1, -0.05) is 31.2 Å². The van der Waals surface area contributed by atoms with E-state index in [9.17, 15) is 0 Å². The third-order valence-electron chi connectivity index (χ3n) is 2.64. The van der Waals surface area contributed by atoms with Gasteiger partial charge in [-0.3, -0.25) is 0 Å². The predicted molar refractivity (Wildman–Crippen MR) is 63.9 cm³/mol. The van der Waals surface area contributed by atoms with Crippen molar-refractivity contribution in [3.63, 3.8) is 0 Å². The molecular formula is C13H16N2O. The van der Waals surface area contributed by atoms with E-state index in [2.05, 4.69) is 31.0 Å². The van der Waals surface area contributed by atoms with Crippen molar-refractivity contribution in [3.05, 3.63) is 41.5 Å². The Hall–Kier alpha value is -1.61. The Balaban J connectivity index is 2.54. The Labute approximate surface area is 95.3 Å². The number of nitrogens with zero attached hydrogens (tertiary/aromatic N) is 1. The molecule has 0 spiro atoms. The molecule has 2 aromatic rings. The summed E-state index contributed by atoms with van der Waals surface area (Å²) in [5, 5.41) is 0. The maximum Gasteiger partial charge on any atom is 0.208 e. The van der Waals surface area contributed by atoms with E-state index < -0.39 is 0 Å². The number of aromatic nitrogens is 1. The normalized spacial score (nSPS) is 10.7. The number of rotatable bonds is 3. The molecule has 0 saturated heterocycles. The maximum absolute atomic E-state index is 5.59. The van der Waals surface area contributed by atoms with Gasteiger partial charge in [-0.25, -0.2) is 4.98 Å². The maximum atomic E-state index is 5.59. The highest BCUT2D eigenvalue weighted by Gasteiger charge is 2.13. The van der Waals surface area contributed by atoms with Crippen LogP contribution in [0.1, 0.15) is 24.1 Å². The molecule has 0 bridgehead atoms. The van der Waals surface area contributed by atoms with Gasteiger partial charge in [0, 0.05) is 12.0 Å². The van der Waals surface area contributed by atoms with Crippen LogP contribution in [0, 0.1) is 6.92 Å². The quantitative estimate of drug-likeness (QED) is 0.858. The van der Waals surface area contributed by atoms with Gasteiger partial charge in [-0.2, -0.15) is 0 Å². The fourth-order valence-corrected chi connectivity index (χ4v) is 1.78. The number of benzene rings is 1. The second kappa shape index (κ2) is 4.49. The van der Waals surface area contributed by atoms with Crippen LogP contribution >= 0.6 is 0 Å². The Bertz CT molecular complexity index is 488. The molecule has 1 aromatic carbocycles. The fourth-order valence-electron chi connectivity index (χ4n) is 1.78. The van der Waals surface area contributed by atoms with E-state index in [1.807, 2.05) is 12.1 Å². The van der Waals surface area contributed by atoms with Crippen LogP contribution in [0.15, 0.2) is 28.7 Å². The zero-order chi connectivity index (χ0) is 11.5. The van der Waals surface area contributed by atoms with Gasteiger partial charge in [0.1, 0.15) is 11.5 Å².